The molecule has 0 fully saturated rings. The fraction of sp³-hybridized carbons (Fsp3) is 0.154. The number of rotatable bonds is 4. The van der Waals surface area contributed by atoms with Crippen molar-refractivity contribution in [2.75, 3.05) is 12.4 Å². The summed E-state index contributed by atoms with van der Waals surface area (Å²) in [6.45, 7) is 0.542. The van der Waals surface area contributed by atoms with Crippen LogP contribution in [0.15, 0.2) is 36.7 Å². The zero-order valence-electron chi connectivity index (χ0n) is 10.4. The maximum Gasteiger partial charge on any atom is 0.254 e. The van der Waals surface area contributed by atoms with E-state index in [1.807, 2.05) is 12.1 Å². The molecule has 2 aromatic heterocycles. The van der Waals surface area contributed by atoms with Gasteiger partial charge in [-0.25, -0.2) is 4.98 Å². The molecule has 2 aromatic rings. The second-order valence-corrected chi connectivity index (χ2v) is 4.21. The van der Waals surface area contributed by atoms with Crippen LogP contribution in [0.3, 0.4) is 0 Å². The minimum Gasteiger partial charge on any atom is -0.365 e. The van der Waals surface area contributed by atoms with Gasteiger partial charge in [0.05, 0.1) is 5.56 Å². The van der Waals surface area contributed by atoms with Gasteiger partial charge >= 0.3 is 0 Å². The van der Waals surface area contributed by atoms with Crippen molar-refractivity contribution in [1.29, 1.82) is 0 Å². The first-order valence-corrected chi connectivity index (χ1v) is 6.10. The van der Waals surface area contributed by atoms with Crippen LogP contribution in [-0.4, -0.2) is 22.9 Å². The van der Waals surface area contributed by atoms with Gasteiger partial charge in [-0.05, 0) is 29.8 Å². The van der Waals surface area contributed by atoms with Crippen molar-refractivity contribution in [3.05, 3.63) is 52.9 Å². The van der Waals surface area contributed by atoms with Gasteiger partial charge in [0.25, 0.3) is 5.91 Å². The molecule has 2 N–H and O–H groups in total. The van der Waals surface area contributed by atoms with Crippen LogP contribution >= 0.6 is 11.6 Å². The molecule has 0 bridgehead atoms. The molecule has 0 aromatic carbocycles. The largest absolute Gasteiger partial charge is 0.365 e. The van der Waals surface area contributed by atoms with Crippen molar-refractivity contribution >= 4 is 23.3 Å². The Balaban J connectivity index is 2.19. The molecular formula is C13H13ClN4O. The van der Waals surface area contributed by atoms with Gasteiger partial charge in [-0.2, -0.15) is 0 Å². The minimum atomic E-state index is -0.207. The quantitative estimate of drug-likeness (QED) is 0.840. The van der Waals surface area contributed by atoms with E-state index in [0.29, 0.717) is 23.1 Å². The van der Waals surface area contributed by atoms with E-state index in [4.69, 9.17) is 11.6 Å². The summed E-state index contributed by atoms with van der Waals surface area (Å²) >= 11 is 5.85. The smallest absolute Gasteiger partial charge is 0.254 e. The van der Waals surface area contributed by atoms with Gasteiger partial charge in [0.15, 0.2) is 0 Å². The Labute approximate surface area is 116 Å². The highest BCUT2D eigenvalue weighted by Crippen LogP contribution is 2.17. The third-order valence-electron chi connectivity index (χ3n) is 2.54. The van der Waals surface area contributed by atoms with Gasteiger partial charge < -0.3 is 10.6 Å². The molecule has 98 valence electrons. The van der Waals surface area contributed by atoms with Gasteiger partial charge in [-0.3, -0.25) is 9.78 Å². The minimum absolute atomic E-state index is 0.207. The van der Waals surface area contributed by atoms with Crippen molar-refractivity contribution in [3.63, 3.8) is 0 Å². The number of halogens is 1. The van der Waals surface area contributed by atoms with Crippen LogP contribution in [0, 0.1) is 0 Å². The lowest BCUT2D eigenvalue weighted by molar-refractivity contribution is 0.0963. The summed E-state index contributed by atoms with van der Waals surface area (Å²) in [7, 11) is 1.57. The standard InChI is InChI=1S/C13H13ClN4O/c1-15-13(19)10-2-3-11(14)18-12(10)17-8-9-4-6-16-7-5-9/h2-7H,8H2,1H3,(H,15,19)(H,17,18). The Hall–Kier alpha value is -2.14. The highest BCUT2D eigenvalue weighted by molar-refractivity contribution is 6.29. The second-order valence-electron chi connectivity index (χ2n) is 3.82. The molecule has 2 heterocycles. The molecule has 1 amide bonds. The van der Waals surface area contributed by atoms with E-state index in [2.05, 4.69) is 20.6 Å². The first-order chi connectivity index (χ1) is 9.20. The molecule has 0 aliphatic carbocycles. The lowest BCUT2D eigenvalue weighted by Gasteiger charge is -2.10. The zero-order valence-corrected chi connectivity index (χ0v) is 11.1. The molecule has 0 unspecified atom stereocenters. The summed E-state index contributed by atoms with van der Waals surface area (Å²) in [5, 5.41) is 6.01. The molecule has 6 heteroatoms. The van der Waals surface area contributed by atoms with Crippen LogP contribution in [0.4, 0.5) is 5.82 Å². The summed E-state index contributed by atoms with van der Waals surface area (Å²) in [6, 6.07) is 7.00. The predicted octanol–water partition coefficient (Wildman–Crippen LogP) is 2.10. The van der Waals surface area contributed by atoms with Crippen LogP contribution in [0.1, 0.15) is 15.9 Å². The van der Waals surface area contributed by atoms with Crippen LogP contribution in [0.25, 0.3) is 0 Å². The molecule has 0 atom stereocenters. The third kappa shape index (κ3) is 3.42. The SMILES string of the molecule is CNC(=O)c1ccc(Cl)nc1NCc1ccncc1. The number of anilines is 1. The number of nitrogens with one attached hydrogen (secondary N) is 2. The molecule has 0 aliphatic heterocycles. The van der Waals surface area contributed by atoms with Crippen molar-refractivity contribution in [2.24, 2.45) is 0 Å². The first-order valence-electron chi connectivity index (χ1n) is 5.72. The van der Waals surface area contributed by atoms with Crippen LogP contribution < -0.4 is 10.6 Å². The van der Waals surface area contributed by atoms with Gasteiger partial charge in [-0.15, -0.1) is 0 Å². The number of amides is 1. The van der Waals surface area contributed by atoms with E-state index in [9.17, 15) is 4.79 Å². The van der Waals surface area contributed by atoms with Crippen LogP contribution in [-0.2, 0) is 6.54 Å². The lowest BCUT2D eigenvalue weighted by atomic mass is 10.2. The van der Waals surface area contributed by atoms with Gasteiger partial charge in [0.1, 0.15) is 11.0 Å². The van der Waals surface area contributed by atoms with E-state index in [-0.39, 0.29) is 5.91 Å². The van der Waals surface area contributed by atoms with Crippen molar-refractivity contribution in [1.82, 2.24) is 15.3 Å². The summed E-state index contributed by atoms with van der Waals surface area (Å²) in [4.78, 5) is 19.8. The fourth-order valence-electron chi connectivity index (χ4n) is 1.57. The molecule has 0 saturated carbocycles. The summed E-state index contributed by atoms with van der Waals surface area (Å²) in [6.07, 6.45) is 3.42. The van der Waals surface area contributed by atoms with E-state index in [1.165, 1.54) is 0 Å². The van der Waals surface area contributed by atoms with Gasteiger partial charge in [0.2, 0.25) is 0 Å². The highest BCUT2D eigenvalue weighted by Gasteiger charge is 2.11. The maximum atomic E-state index is 11.7. The number of hydrogen-bond donors (Lipinski definition) is 2. The third-order valence-corrected chi connectivity index (χ3v) is 2.75. The Bertz CT molecular complexity index is 574. The van der Waals surface area contributed by atoms with Crippen molar-refractivity contribution < 1.29 is 4.79 Å². The molecule has 2 rings (SSSR count). The Morgan fingerprint density at radius 2 is 2.00 bits per heavy atom. The molecule has 0 spiro atoms. The van der Waals surface area contributed by atoms with Crippen molar-refractivity contribution in [2.45, 2.75) is 6.54 Å². The second kappa shape index (κ2) is 6.15. The van der Waals surface area contributed by atoms with Crippen LogP contribution in [0.5, 0.6) is 0 Å². The normalized spacial score (nSPS) is 10.0. The average molecular weight is 277 g/mol. The van der Waals surface area contributed by atoms with Crippen LogP contribution in [0.2, 0.25) is 5.15 Å². The van der Waals surface area contributed by atoms with Crippen molar-refractivity contribution in [3.8, 4) is 0 Å². The number of hydrogen-bond acceptors (Lipinski definition) is 4. The van der Waals surface area contributed by atoms with Gasteiger partial charge in [0, 0.05) is 26.0 Å². The first kappa shape index (κ1) is 13.3. The molecule has 0 radical (unpaired) electrons. The molecule has 19 heavy (non-hydrogen) atoms. The fourth-order valence-corrected chi connectivity index (χ4v) is 1.72. The molecule has 5 nitrogen and oxygen atoms in total. The van der Waals surface area contributed by atoms with E-state index >= 15 is 0 Å². The number of nitrogens with zero attached hydrogens (tertiary/aromatic N) is 2. The van der Waals surface area contributed by atoms with E-state index in [1.54, 1.807) is 31.6 Å². The Kier molecular flexibility index (Phi) is 4.30. The number of aromatic nitrogens is 2. The Morgan fingerprint density at radius 1 is 1.26 bits per heavy atom. The maximum absolute atomic E-state index is 11.7. The Morgan fingerprint density at radius 3 is 2.68 bits per heavy atom. The highest BCUT2D eigenvalue weighted by atomic mass is 35.5. The number of carbonyl (C=O) groups excluding carboxylic acids is 1. The van der Waals surface area contributed by atoms with E-state index in [0.717, 1.165) is 5.56 Å². The average Bonchev–Trinajstić information content (AvgIpc) is 2.45. The topological polar surface area (TPSA) is 66.9 Å². The molecular weight excluding hydrogens is 264 g/mol. The van der Waals surface area contributed by atoms with Gasteiger partial charge in [-0.1, -0.05) is 11.6 Å². The van der Waals surface area contributed by atoms with E-state index < -0.39 is 0 Å². The predicted molar refractivity (Wildman–Crippen MR) is 74.2 cm³/mol. The molecule has 0 aliphatic rings. The summed E-state index contributed by atoms with van der Waals surface area (Å²) in [5.74, 6) is 0.255. The molecule has 0 saturated heterocycles. The summed E-state index contributed by atoms with van der Waals surface area (Å²) < 4.78 is 0. The monoisotopic (exact) mass is 276 g/mol. The number of pyridine rings is 2. The summed E-state index contributed by atoms with van der Waals surface area (Å²) in [5.41, 5.74) is 1.50. The number of carbonyl (C=O) groups is 1. The zero-order chi connectivity index (χ0) is 13.7. The lowest BCUT2D eigenvalue weighted by Crippen LogP contribution is -2.20.